The maximum Gasteiger partial charge on any atom is 0.408 e. The molecule has 276 valence electrons. The molecule has 48 heavy (non-hydrogen) atoms. The topological polar surface area (TPSA) is 176 Å². The van der Waals surface area contributed by atoms with Gasteiger partial charge in [-0.05, 0) is 82.8 Å². The summed E-state index contributed by atoms with van der Waals surface area (Å²) in [6, 6.07) is -0.849. The normalized spacial score (nSPS) is 20.1. The van der Waals surface area contributed by atoms with Crippen LogP contribution in [-0.4, -0.2) is 75.2 Å². The van der Waals surface area contributed by atoms with Crippen LogP contribution in [0.4, 0.5) is 4.79 Å². The Kier molecular flexibility index (Phi) is 14.1. The van der Waals surface area contributed by atoms with Gasteiger partial charge in [-0.25, -0.2) is 9.59 Å². The Bertz CT molecular complexity index is 1360. The van der Waals surface area contributed by atoms with Gasteiger partial charge < -0.3 is 34.7 Å². The number of primary amides is 1. The average molecular weight is 714 g/mol. The number of carbonyl (C=O) groups excluding carboxylic acids is 2. The highest BCUT2D eigenvalue weighted by atomic mass is 28.4. The molecule has 15 heteroatoms. The molecule has 0 bridgehead atoms. The molecule has 2 heterocycles. The van der Waals surface area contributed by atoms with Gasteiger partial charge in [-0.15, -0.1) is 0 Å². The number of carbonyl (C=O) groups is 2. The van der Waals surface area contributed by atoms with E-state index in [-0.39, 0.29) is 28.8 Å². The van der Waals surface area contributed by atoms with Crippen LogP contribution in [0.3, 0.4) is 0 Å². The summed E-state index contributed by atoms with van der Waals surface area (Å²) in [6.07, 6.45) is 1.66. The molecule has 1 saturated heterocycles. The first-order chi connectivity index (χ1) is 21.7. The van der Waals surface area contributed by atoms with Gasteiger partial charge in [0.1, 0.15) is 24.0 Å². The molecule has 0 radical (unpaired) electrons. The Morgan fingerprint density at radius 2 is 1.62 bits per heavy atom. The van der Waals surface area contributed by atoms with Crippen LogP contribution >= 0.6 is 0 Å². The number of unbranched alkanes of at least 4 members (excludes halogenated alkanes) is 1. The molecule has 0 aromatic carbocycles. The van der Waals surface area contributed by atoms with Crippen molar-refractivity contribution in [3.8, 4) is 0 Å². The molecule has 4 atom stereocenters. The first-order valence-corrected chi connectivity index (χ1v) is 22.9. The van der Waals surface area contributed by atoms with Crippen LogP contribution in [0.25, 0.3) is 0 Å². The quantitative estimate of drug-likeness (QED) is 0.146. The van der Waals surface area contributed by atoms with E-state index in [0.29, 0.717) is 44.4 Å². The molecule has 1 aromatic rings. The summed E-state index contributed by atoms with van der Waals surface area (Å²) in [5.74, 6) is -0.637. The molecule has 0 spiro atoms. The Labute approximate surface area is 288 Å². The molecule has 13 nitrogen and oxygen atoms in total. The van der Waals surface area contributed by atoms with E-state index in [9.17, 15) is 19.2 Å². The minimum Gasteiger partial charge on any atom is -0.444 e. The van der Waals surface area contributed by atoms with Gasteiger partial charge in [0.25, 0.3) is 5.56 Å². The number of alkyl carbamates (subject to hydrolysis) is 1. The average Bonchev–Trinajstić information content (AvgIpc) is 3.28. The van der Waals surface area contributed by atoms with Crippen molar-refractivity contribution in [3.05, 3.63) is 32.6 Å². The molecule has 2 amide bonds. The summed E-state index contributed by atoms with van der Waals surface area (Å²) in [7, 11) is -4.25. The predicted octanol–water partition coefficient (Wildman–Crippen LogP) is 4.87. The minimum atomic E-state index is -2.18. The van der Waals surface area contributed by atoms with E-state index in [1.54, 1.807) is 27.0 Å². The Balaban J connectivity index is 2.10. The lowest BCUT2D eigenvalue weighted by Crippen LogP contribution is -2.48. The van der Waals surface area contributed by atoms with Crippen molar-refractivity contribution in [1.82, 2.24) is 20.2 Å². The summed E-state index contributed by atoms with van der Waals surface area (Å²) in [6.45, 7) is 28.3. The summed E-state index contributed by atoms with van der Waals surface area (Å²) in [5, 5.41) is 5.77. The van der Waals surface area contributed by atoms with Crippen molar-refractivity contribution in [2.45, 2.75) is 161 Å². The third-order valence-electron chi connectivity index (χ3n) is 9.65. The molecule has 2 rings (SSSR count). The molecule has 0 unspecified atom stereocenters. The summed E-state index contributed by atoms with van der Waals surface area (Å²) in [5.41, 5.74) is 4.16. The van der Waals surface area contributed by atoms with Crippen LogP contribution in [0.2, 0.25) is 36.3 Å². The molecule has 1 fully saturated rings. The Hall–Kier alpha value is -2.31. The zero-order chi connectivity index (χ0) is 36.9. The molecule has 5 N–H and O–H groups in total. The van der Waals surface area contributed by atoms with Gasteiger partial charge in [0.05, 0.1) is 12.7 Å². The Morgan fingerprint density at radius 1 is 1.02 bits per heavy atom. The fourth-order valence-electron chi connectivity index (χ4n) is 4.63. The number of rotatable bonds is 15. The van der Waals surface area contributed by atoms with Gasteiger partial charge in [0, 0.05) is 24.7 Å². The number of nitrogens with zero attached hydrogens (tertiary/aromatic N) is 1. The molecular weight excluding hydrogens is 651 g/mol. The first kappa shape index (κ1) is 41.9. The smallest absolute Gasteiger partial charge is 0.408 e. The number of aromatic nitrogens is 2. The molecule has 1 aliphatic heterocycles. The predicted molar refractivity (Wildman–Crippen MR) is 193 cm³/mol. The van der Waals surface area contributed by atoms with Crippen LogP contribution in [0.15, 0.2) is 15.8 Å². The summed E-state index contributed by atoms with van der Waals surface area (Å²) in [4.78, 5) is 52.1. The highest BCUT2D eigenvalue weighted by Crippen LogP contribution is 2.42. The van der Waals surface area contributed by atoms with E-state index in [4.69, 9.17) is 24.1 Å². The third-order valence-corrected chi connectivity index (χ3v) is 18.7. The summed E-state index contributed by atoms with van der Waals surface area (Å²) < 4.78 is 26.6. The molecule has 1 aliphatic rings. The number of H-pyrrole nitrogens is 1. The van der Waals surface area contributed by atoms with Crippen molar-refractivity contribution in [3.63, 3.8) is 0 Å². The van der Waals surface area contributed by atoms with Crippen molar-refractivity contribution in [2.75, 3.05) is 13.2 Å². The number of hydrogen-bond acceptors (Lipinski definition) is 9. The van der Waals surface area contributed by atoms with Gasteiger partial charge in [0.15, 0.2) is 16.6 Å². The van der Waals surface area contributed by atoms with E-state index >= 15 is 0 Å². The first-order valence-electron chi connectivity index (χ1n) is 17.1. The second kappa shape index (κ2) is 16.1. The van der Waals surface area contributed by atoms with Gasteiger partial charge >= 0.3 is 11.8 Å². The Morgan fingerprint density at radius 3 is 2.17 bits per heavy atom. The fourth-order valence-corrected chi connectivity index (χ4v) is 7.00. The van der Waals surface area contributed by atoms with E-state index < -0.39 is 57.8 Å². The SMILES string of the molecule is CC(C)(C)OC(=O)N[C@@H](CCCCNCc1cn([C@H]2C[C@H](O[Si](C)(C)C(C)(C)C)[C@@H](CO[Si](C)(C)C(C)(C)C)O2)c(=O)[nH]c1=O)C(N)=O. The van der Waals surface area contributed by atoms with E-state index in [1.165, 1.54) is 4.57 Å². The lowest BCUT2D eigenvalue weighted by Gasteiger charge is -2.40. The fraction of sp³-hybridized carbons (Fsp3) is 0.818. The van der Waals surface area contributed by atoms with Crippen molar-refractivity contribution >= 4 is 28.6 Å². The van der Waals surface area contributed by atoms with E-state index in [0.717, 1.165) is 0 Å². The van der Waals surface area contributed by atoms with Gasteiger partial charge in [-0.1, -0.05) is 41.5 Å². The third kappa shape index (κ3) is 12.2. The zero-order valence-electron chi connectivity index (χ0n) is 31.6. The van der Waals surface area contributed by atoms with E-state index in [2.05, 4.69) is 83.3 Å². The van der Waals surface area contributed by atoms with Gasteiger partial charge in [0.2, 0.25) is 5.91 Å². The highest BCUT2D eigenvalue weighted by Gasteiger charge is 2.46. The number of amides is 2. The number of nitrogens with one attached hydrogen (secondary N) is 3. The van der Waals surface area contributed by atoms with Crippen LogP contribution in [0.1, 0.15) is 99.8 Å². The molecule has 0 saturated carbocycles. The zero-order valence-corrected chi connectivity index (χ0v) is 33.6. The van der Waals surface area contributed by atoms with Crippen LogP contribution in [0.5, 0.6) is 0 Å². The maximum absolute atomic E-state index is 13.0. The van der Waals surface area contributed by atoms with Gasteiger partial charge in [-0.2, -0.15) is 0 Å². The largest absolute Gasteiger partial charge is 0.444 e. The van der Waals surface area contributed by atoms with Gasteiger partial charge in [-0.3, -0.25) is 19.1 Å². The van der Waals surface area contributed by atoms with Crippen molar-refractivity contribution in [1.29, 1.82) is 0 Å². The van der Waals surface area contributed by atoms with E-state index in [1.807, 2.05) is 0 Å². The second-order valence-corrected chi connectivity index (χ2v) is 26.5. The van der Waals surface area contributed by atoms with Crippen LogP contribution in [0, 0.1) is 0 Å². The monoisotopic (exact) mass is 713 g/mol. The number of nitrogens with two attached hydrogens (primary N) is 1. The molecular formula is C33H63N5O8Si2. The van der Waals surface area contributed by atoms with Crippen LogP contribution in [-0.2, 0) is 29.7 Å². The molecule has 0 aliphatic carbocycles. The molecule has 1 aromatic heterocycles. The lowest BCUT2D eigenvalue weighted by molar-refractivity contribution is -0.120. The lowest BCUT2D eigenvalue weighted by atomic mass is 10.1. The van der Waals surface area contributed by atoms with Crippen LogP contribution < -0.4 is 27.6 Å². The highest BCUT2D eigenvalue weighted by molar-refractivity contribution is 6.74. The number of aromatic amines is 1. The minimum absolute atomic E-state index is 0.0149. The van der Waals surface area contributed by atoms with Crippen molar-refractivity contribution < 1.29 is 27.9 Å². The summed E-state index contributed by atoms with van der Waals surface area (Å²) >= 11 is 0. The maximum atomic E-state index is 13.0. The van der Waals surface area contributed by atoms with Crippen molar-refractivity contribution in [2.24, 2.45) is 5.73 Å². The second-order valence-electron chi connectivity index (χ2n) is 16.9. The number of ether oxygens (including phenoxy) is 2. The number of hydrogen-bond donors (Lipinski definition) is 4. The standard InChI is InChI=1S/C33H63N5O8Si2/c1-31(2,3)45-30(42)36-23(27(34)39)16-14-15-17-35-19-22-20-38(29(41)37-28(22)40)26-18-24(46-48(12,13)33(7,8)9)25(44-26)21-43-47(10,11)32(4,5)6/h20,23-26,35H,14-19,21H2,1-13H3,(H2,34,39)(H,36,42)(H,37,40,41)/t23-,24-,25+,26+/m0/s1.